The lowest BCUT2D eigenvalue weighted by Crippen LogP contribution is -2.42. The Hall–Kier alpha value is 0.270. The van der Waals surface area contributed by atoms with Crippen LogP contribution in [0.2, 0.25) is 0 Å². The van der Waals surface area contributed by atoms with Crippen molar-refractivity contribution < 1.29 is 4.74 Å². The third kappa shape index (κ3) is 4.15. The second kappa shape index (κ2) is 5.50. The fourth-order valence-electron chi connectivity index (χ4n) is 2.76. The van der Waals surface area contributed by atoms with Crippen LogP contribution in [-0.4, -0.2) is 37.8 Å². The van der Waals surface area contributed by atoms with Crippen molar-refractivity contribution in [2.75, 3.05) is 31.8 Å². The molecule has 2 fully saturated rings. The van der Waals surface area contributed by atoms with Crippen LogP contribution in [0.3, 0.4) is 0 Å². The maximum absolute atomic E-state index is 5.21. The van der Waals surface area contributed by atoms with E-state index in [2.05, 4.69) is 30.9 Å². The average Bonchev–Trinajstić information content (AvgIpc) is 3.03. The number of hydrogen-bond donors (Lipinski definition) is 1. The summed E-state index contributed by atoms with van der Waals surface area (Å²) in [6.07, 6.45) is 5.36. The minimum absolute atomic E-state index is 0.518. The molecule has 1 unspecified atom stereocenters. The highest BCUT2D eigenvalue weighted by Gasteiger charge is 2.42. The Bertz CT molecular complexity index is 251. The van der Waals surface area contributed by atoms with Gasteiger partial charge in [-0.1, -0.05) is 13.8 Å². The first-order valence-corrected chi connectivity index (χ1v) is 8.01. The fraction of sp³-hybridized carbons (Fsp3) is 1.00. The molecule has 100 valence electrons. The van der Waals surface area contributed by atoms with Gasteiger partial charge in [0.25, 0.3) is 0 Å². The monoisotopic (exact) mass is 257 g/mol. The Morgan fingerprint density at radius 1 is 1.35 bits per heavy atom. The van der Waals surface area contributed by atoms with Crippen molar-refractivity contribution in [3.8, 4) is 0 Å². The predicted octanol–water partition coefficient (Wildman–Crippen LogP) is 2.92. The lowest BCUT2D eigenvalue weighted by atomic mass is 9.87. The highest BCUT2D eigenvalue weighted by Crippen LogP contribution is 2.48. The summed E-state index contributed by atoms with van der Waals surface area (Å²) in [5.74, 6) is 2.61. The van der Waals surface area contributed by atoms with E-state index in [9.17, 15) is 0 Å². The summed E-state index contributed by atoms with van der Waals surface area (Å²) in [5.41, 5.74) is 1.10. The summed E-state index contributed by atoms with van der Waals surface area (Å²) in [6, 6.07) is 0.726. The molecule has 1 saturated heterocycles. The maximum Gasteiger partial charge on any atom is 0.0468 e. The molecule has 1 atom stereocenters. The maximum atomic E-state index is 5.21. The second-order valence-electron chi connectivity index (χ2n) is 6.70. The minimum Gasteiger partial charge on any atom is -0.385 e. The molecule has 2 rings (SSSR count). The van der Waals surface area contributed by atoms with Gasteiger partial charge in [0.05, 0.1) is 0 Å². The van der Waals surface area contributed by atoms with Gasteiger partial charge in [-0.25, -0.2) is 0 Å². The van der Waals surface area contributed by atoms with Gasteiger partial charge in [-0.3, -0.25) is 0 Å². The van der Waals surface area contributed by atoms with Crippen molar-refractivity contribution in [2.24, 2.45) is 10.8 Å². The molecule has 0 aromatic heterocycles. The molecule has 2 aliphatic rings. The van der Waals surface area contributed by atoms with Crippen LogP contribution in [0.25, 0.3) is 0 Å². The van der Waals surface area contributed by atoms with E-state index in [1.807, 2.05) is 7.11 Å². The topological polar surface area (TPSA) is 21.3 Å². The van der Waals surface area contributed by atoms with E-state index in [1.54, 1.807) is 0 Å². The van der Waals surface area contributed by atoms with Crippen molar-refractivity contribution >= 4 is 11.8 Å². The third-order valence-electron chi connectivity index (χ3n) is 4.17. The Morgan fingerprint density at radius 3 is 2.71 bits per heavy atom. The van der Waals surface area contributed by atoms with Crippen molar-refractivity contribution in [3.63, 3.8) is 0 Å². The molecule has 1 heterocycles. The Labute approximate surface area is 110 Å². The quantitative estimate of drug-likeness (QED) is 0.790. The van der Waals surface area contributed by atoms with E-state index in [-0.39, 0.29) is 0 Å². The van der Waals surface area contributed by atoms with E-state index in [1.165, 1.54) is 43.7 Å². The fourth-order valence-corrected chi connectivity index (χ4v) is 4.07. The third-order valence-corrected chi connectivity index (χ3v) is 5.79. The summed E-state index contributed by atoms with van der Waals surface area (Å²) in [6.45, 7) is 6.92. The van der Waals surface area contributed by atoms with Gasteiger partial charge in [-0.05, 0) is 42.3 Å². The van der Waals surface area contributed by atoms with Crippen LogP contribution in [0.5, 0.6) is 0 Å². The lowest BCUT2D eigenvalue weighted by Gasteiger charge is -2.36. The van der Waals surface area contributed by atoms with Gasteiger partial charge in [0.1, 0.15) is 0 Å². The number of rotatable bonds is 6. The van der Waals surface area contributed by atoms with Gasteiger partial charge in [0.15, 0.2) is 0 Å². The molecule has 1 aliphatic heterocycles. The van der Waals surface area contributed by atoms with Gasteiger partial charge in [0, 0.05) is 32.1 Å². The summed E-state index contributed by atoms with van der Waals surface area (Å²) < 4.78 is 5.21. The predicted molar refractivity (Wildman–Crippen MR) is 75.7 cm³/mol. The molecule has 0 radical (unpaired) electrons. The van der Waals surface area contributed by atoms with Crippen LogP contribution in [0.4, 0.5) is 0 Å². The van der Waals surface area contributed by atoms with Gasteiger partial charge < -0.3 is 10.1 Å². The summed E-state index contributed by atoms with van der Waals surface area (Å²) >= 11 is 2.11. The zero-order valence-electron chi connectivity index (χ0n) is 11.6. The molecule has 0 aromatic carbocycles. The van der Waals surface area contributed by atoms with Crippen molar-refractivity contribution in [3.05, 3.63) is 0 Å². The Kier molecular flexibility index (Phi) is 4.43. The van der Waals surface area contributed by atoms with Gasteiger partial charge >= 0.3 is 0 Å². The molecule has 1 saturated carbocycles. The molecule has 3 heteroatoms. The van der Waals surface area contributed by atoms with Crippen molar-refractivity contribution in [1.82, 2.24) is 5.32 Å². The van der Waals surface area contributed by atoms with Gasteiger partial charge in [-0.2, -0.15) is 11.8 Å². The molecule has 0 spiro atoms. The van der Waals surface area contributed by atoms with Gasteiger partial charge in [-0.15, -0.1) is 0 Å². The van der Waals surface area contributed by atoms with Crippen LogP contribution < -0.4 is 5.32 Å². The lowest BCUT2D eigenvalue weighted by molar-refractivity contribution is 0.169. The van der Waals surface area contributed by atoms with Crippen LogP contribution in [0.15, 0.2) is 0 Å². The molecule has 0 amide bonds. The summed E-state index contributed by atoms with van der Waals surface area (Å²) in [7, 11) is 1.81. The molecule has 1 aliphatic carbocycles. The van der Waals surface area contributed by atoms with Gasteiger partial charge in [0.2, 0.25) is 0 Å². The first kappa shape index (κ1) is 13.7. The number of nitrogens with one attached hydrogen (secondary N) is 1. The zero-order chi connectivity index (χ0) is 12.4. The standard InChI is InChI=1S/C14H27NOS/c1-13(2)8-12(9-17-11-13)15-10-14(4-5-14)6-7-16-3/h12,15H,4-11H2,1-3H3. The Morgan fingerprint density at radius 2 is 2.12 bits per heavy atom. The first-order chi connectivity index (χ1) is 8.05. The number of hydrogen-bond acceptors (Lipinski definition) is 3. The minimum atomic E-state index is 0.518. The molecule has 0 aromatic rings. The van der Waals surface area contributed by atoms with E-state index >= 15 is 0 Å². The first-order valence-electron chi connectivity index (χ1n) is 6.85. The molecule has 2 nitrogen and oxygen atoms in total. The normalized spacial score (nSPS) is 30.2. The molecular formula is C14H27NOS. The number of ether oxygens (including phenoxy) is 1. The SMILES string of the molecule is COCCC1(CNC2CSCC(C)(C)C2)CC1. The molecule has 1 N–H and O–H groups in total. The molecule has 17 heavy (non-hydrogen) atoms. The van der Waals surface area contributed by atoms with Crippen molar-refractivity contribution in [2.45, 2.75) is 45.6 Å². The van der Waals surface area contributed by atoms with E-state index in [4.69, 9.17) is 4.74 Å². The van der Waals surface area contributed by atoms with Crippen molar-refractivity contribution in [1.29, 1.82) is 0 Å². The van der Waals surface area contributed by atoms with Crippen LogP contribution in [0.1, 0.15) is 39.5 Å². The van der Waals surface area contributed by atoms with Crippen LogP contribution in [0, 0.1) is 10.8 Å². The summed E-state index contributed by atoms with van der Waals surface area (Å²) in [5, 5.41) is 3.81. The number of methoxy groups -OCH3 is 1. The molecular weight excluding hydrogens is 230 g/mol. The number of thioether (sulfide) groups is 1. The average molecular weight is 257 g/mol. The Balaban J connectivity index is 1.71. The highest BCUT2D eigenvalue weighted by molar-refractivity contribution is 7.99. The summed E-state index contributed by atoms with van der Waals surface area (Å²) in [4.78, 5) is 0. The molecule has 0 bridgehead atoms. The second-order valence-corrected chi connectivity index (χ2v) is 7.73. The zero-order valence-corrected chi connectivity index (χ0v) is 12.4. The highest BCUT2D eigenvalue weighted by atomic mass is 32.2. The van der Waals surface area contributed by atoms with Crippen LogP contribution >= 0.6 is 11.8 Å². The van der Waals surface area contributed by atoms with E-state index in [0.29, 0.717) is 10.8 Å². The van der Waals surface area contributed by atoms with E-state index in [0.717, 1.165) is 12.6 Å². The van der Waals surface area contributed by atoms with E-state index < -0.39 is 0 Å². The largest absolute Gasteiger partial charge is 0.385 e. The smallest absolute Gasteiger partial charge is 0.0468 e. The van der Waals surface area contributed by atoms with Crippen LogP contribution in [-0.2, 0) is 4.74 Å².